The number of methoxy groups -OCH3 is 1. The number of hydroxylamine groups is 3. The Morgan fingerprint density at radius 2 is 0.966 bits per heavy atom. The molecule has 474 valence electrons. The third kappa shape index (κ3) is 14.5. The summed E-state index contributed by atoms with van der Waals surface area (Å²) >= 11 is 0. The van der Waals surface area contributed by atoms with Crippen LogP contribution in [-0.4, -0.2) is 152 Å². The summed E-state index contributed by atoms with van der Waals surface area (Å²) < 4.78 is 44.4. The molecule has 3 aliphatic carbocycles. The molecular formula is C63H88N6O16Si2. The molecule has 0 aromatic heterocycles. The third-order valence-corrected chi connectivity index (χ3v) is 27.4. The van der Waals surface area contributed by atoms with E-state index in [1.54, 1.807) is 6.08 Å². The fourth-order valence-corrected chi connectivity index (χ4v) is 24.1. The SMILES string of the molecule is CO.[C-]#[N+]C1=CC(O)[C@@H](O)C2O[C@H](OC)C[C@]12NOCc1ccccc1.[C-]#[N+]C1=CC(O)[C@H]2O[C@@H](C)C[C@@]1(NOCc1ccccc1)C2O.[C-]#[N+]C1=CC2O[C@@H](O)C[C@]1(NOCc1ccccc1)C1O[Si](C(C)C)(C(C)C)O[Si](C(C)C)(C(C)C)O[C@H]21. The van der Waals surface area contributed by atoms with Gasteiger partial charge in [0.15, 0.2) is 29.7 Å². The first kappa shape index (κ1) is 69.5. The summed E-state index contributed by atoms with van der Waals surface area (Å²) in [5.74, 6) is 0. The molecule has 24 heteroatoms. The molecule has 8 aliphatic rings. The van der Waals surface area contributed by atoms with Gasteiger partial charge in [-0.1, -0.05) is 159 Å². The van der Waals surface area contributed by atoms with Crippen molar-refractivity contribution in [2.75, 3.05) is 14.2 Å². The monoisotopic (exact) mass is 1240 g/mol. The Balaban J connectivity index is 0.000000192. The van der Waals surface area contributed by atoms with E-state index >= 15 is 0 Å². The number of fused-ring (bicyclic) bond motifs is 5. The van der Waals surface area contributed by atoms with Crippen LogP contribution in [0.3, 0.4) is 0 Å². The maximum absolute atomic E-state index is 11.0. The van der Waals surface area contributed by atoms with Crippen LogP contribution in [0.15, 0.2) is 126 Å². The second-order valence-electron chi connectivity index (χ2n) is 24.0. The van der Waals surface area contributed by atoms with Crippen LogP contribution in [0.25, 0.3) is 14.5 Å². The quantitative estimate of drug-likeness (QED) is 0.0367. The van der Waals surface area contributed by atoms with Gasteiger partial charge in [-0.3, -0.25) is 14.5 Å². The van der Waals surface area contributed by atoms with E-state index in [-0.39, 0.29) is 59.3 Å². The van der Waals surface area contributed by atoms with E-state index in [4.69, 9.17) is 71.3 Å². The Hall–Kier alpha value is -4.98. The van der Waals surface area contributed by atoms with Crippen LogP contribution >= 0.6 is 0 Å². The summed E-state index contributed by atoms with van der Waals surface area (Å²) in [6.45, 7) is 43.0. The molecule has 22 nitrogen and oxygen atoms in total. The number of nitrogens with one attached hydrogen (secondary N) is 3. The van der Waals surface area contributed by atoms with Crippen molar-refractivity contribution >= 4 is 17.1 Å². The van der Waals surface area contributed by atoms with Crippen LogP contribution in [0.1, 0.15) is 98.3 Å². The number of nitrogens with zero attached hydrogens (tertiary/aromatic N) is 3. The molecular weight excluding hydrogens is 1150 g/mol. The predicted molar refractivity (Wildman–Crippen MR) is 325 cm³/mol. The minimum absolute atomic E-state index is 0.0929. The number of aliphatic hydroxyl groups excluding tert-OH is 6. The van der Waals surface area contributed by atoms with Gasteiger partial charge >= 0.3 is 17.1 Å². The van der Waals surface area contributed by atoms with Crippen LogP contribution in [0, 0.1) is 19.7 Å². The smallest absolute Gasteiger partial charge is 0.335 e. The molecule has 5 aliphatic heterocycles. The first-order valence-electron chi connectivity index (χ1n) is 29.6. The topological polar surface area (TPSA) is 263 Å². The second kappa shape index (κ2) is 30.2. The van der Waals surface area contributed by atoms with Crippen LogP contribution in [-0.2, 0) is 66.2 Å². The van der Waals surface area contributed by atoms with Gasteiger partial charge in [0.1, 0.15) is 41.0 Å². The number of ether oxygens (including phenoxy) is 4. The van der Waals surface area contributed by atoms with Crippen molar-refractivity contribution in [2.45, 2.75) is 214 Å². The summed E-state index contributed by atoms with van der Waals surface area (Å²) in [6, 6.07) is 29.0. The molecule has 5 heterocycles. The van der Waals surface area contributed by atoms with Crippen molar-refractivity contribution in [3.05, 3.63) is 177 Å². The molecule has 4 bridgehead atoms. The van der Waals surface area contributed by atoms with E-state index in [1.165, 1.54) is 19.3 Å². The highest BCUT2D eigenvalue weighted by Crippen LogP contribution is 2.54. The van der Waals surface area contributed by atoms with Crippen molar-refractivity contribution in [1.82, 2.24) is 16.4 Å². The molecule has 87 heavy (non-hydrogen) atoms. The number of hydrogen-bond acceptors (Lipinski definition) is 19. The molecule has 4 fully saturated rings. The van der Waals surface area contributed by atoms with E-state index in [0.717, 1.165) is 23.8 Å². The fraction of sp³-hybridized carbons (Fsp3) is 0.571. The van der Waals surface area contributed by atoms with Gasteiger partial charge in [-0.2, -0.15) is 16.4 Å². The minimum Gasteiger partial charge on any atom is -0.414 e. The minimum atomic E-state index is -2.96. The Morgan fingerprint density at radius 3 is 1.43 bits per heavy atom. The molecule has 3 aromatic rings. The van der Waals surface area contributed by atoms with Gasteiger partial charge in [0.2, 0.25) is 0 Å². The Morgan fingerprint density at radius 1 is 0.540 bits per heavy atom. The maximum Gasteiger partial charge on any atom is 0.335 e. The van der Waals surface area contributed by atoms with E-state index in [9.17, 15) is 25.5 Å². The van der Waals surface area contributed by atoms with Crippen molar-refractivity contribution in [3.63, 3.8) is 0 Å². The average Bonchev–Trinajstić information content (AvgIpc) is 1.71. The van der Waals surface area contributed by atoms with Gasteiger partial charge in [-0.15, -0.1) is 0 Å². The second-order valence-corrected chi connectivity index (χ2v) is 32.8. The lowest BCUT2D eigenvalue weighted by Gasteiger charge is -2.50. The van der Waals surface area contributed by atoms with Crippen LogP contribution in [0.5, 0.6) is 0 Å². The zero-order valence-electron chi connectivity index (χ0n) is 51.5. The van der Waals surface area contributed by atoms with E-state index in [2.05, 4.69) is 86.4 Å². The number of aliphatic hydroxyl groups is 6. The Kier molecular flexibility index (Phi) is 24.1. The zero-order valence-corrected chi connectivity index (χ0v) is 53.5. The van der Waals surface area contributed by atoms with Gasteiger partial charge in [0.25, 0.3) is 0 Å². The summed E-state index contributed by atoms with van der Waals surface area (Å²) in [7, 11) is -3.35. The number of benzene rings is 3. The van der Waals surface area contributed by atoms with Gasteiger partial charge in [-0.25, -0.2) is 14.5 Å². The van der Waals surface area contributed by atoms with Gasteiger partial charge < -0.3 is 62.6 Å². The molecule has 3 aromatic carbocycles. The first-order valence-corrected chi connectivity index (χ1v) is 33.5. The van der Waals surface area contributed by atoms with E-state index in [0.29, 0.717) is 25.1 Å². The molecule has 0 spiro atoms. The summed E-state index contributed by atoms with van der Waals surface area (Å²) in [5.41, 5.74) is 10.2. The molecule has 0 amide bonds. The normalized spacial score (nSPS) is 33.4. The number of hydrogen-bond donors (Lipinski definition) is 9. The highest BCUT2D eigenvalue weighted by molar-refractivity contribution is 6.84. The van der Waals surface area contributed by atoms with Crippen molar-refractivity contribution < 1.29 is 77.1 Å². The molecule has 0 radical (unpaired) electrons. The molecule has 4 saturated heterocycles. The van der Waals surface area contributed by atoms with Crippen molar-refractivity contribution in [3.8, 4) is 0 Å². The van der Waals surface area contributed by atoms with Crippen molar-refractivity contribution in [1.29, 1.82) is 0 Å². The standard InChI is InChI=1S/C28H44N2O6Si2.C17H20N2O5.C17H20N2O4.CH4O/c1-18(2)37(19(3)4)34-26-23-15-24(29-9)28(16-25(31)33-23,30-32-17-22-13-11-10-12-14-22)27(26)35-38(36-37,20(5)6)21(7)8;1-18-13-8-12(20)15(21)16-17(13,9-14(22-2)24-16)19-23-10-11-6-4-3-5-7-11;1-11-9-17(19-22-10-12-6-4-3-5-7-12)14(18-2)8-13(20)15(23-11)16(17)21;1-2/h10-15,18-21,23,25-27,30-31H,16-17H2,1-8H3;3-8,12,14-16,19-21H,9-10H2,2H3;3-8,11,13,15-16,19-21H,9-10H2,1H3;2H,1H3/t23?,25-,26-,27?,28-;12?,14-,15+,16?,17-;11-,13?,15+,16?,17-;/m100./s1. The molecule has 6 unspecified atom stereocenters. The van der Waals surface area contributed by atoms with Crippen LogP contribution in [0.4, 0.5) is 0 Å². The highest BCUT2D eigenvalue weighted by atomic mass is 28.5. The first-order chi connectivity index (χ1) is 41.6. The lowest BCUT2D eigenvalue weighted by Crippen LogP contribution is -2.68. The molecule has 9 N–H and O–H groups in total. The number of rotatable bonds is 17. The zero-order chi connectivity index (χ0) is 63.5. The Bertz CT molecular complexity index is 2910. The summed E-state index contributed by atoms with van der Waals surface area (Å²) in [5, 5.41) is 58.9. The average molecular weight is 1240 g/mol. The fourth-order valence-electron chi connectivity index (χ4n) is 12.8. The summed E-state index contributed by atoms with van der Waals surface area (Å²) in [6.07, 6.45) is -4.45. The lowest BCUT2D eigenvalue weighted by atomic mass is 9.73. The Labute approximate surface area is 513 Å². The molecule has 11 rings (SSSR count). The molecule has 15 atom stereocenters. The van der Waals surface area contributed by atoms with E-state index in [1.807, 2.05) is 97.9 Å². The van der Waals surface area contributed by atoms with E-state index < -0.39 is 101 Å². The van der Waals surface area contributed by atoms with Gasteiger partial charge in [-0.05, 0) is 58.3 Å². The molecule has 0 saturated carbocycles. The van der Waals surface area contributed by atoms with Gasteiger partial charge in [0.05, 0.1) is 76.2 Å². The summed E-state index contributed by atoms with van der Waals surface area (Å²) in [4.78, 5) is 28.2. The highest BCUT2D eigenvalue weighted by Gasteiger charge is 2.68. The van der Waals surface area contributed by atoms with Crippen LogP contribution < -0.4 is 16.4 Å². The van der Waals surface area contributed by atoms with Crippen LogP contribution in [0.2, 0.25) is 22.2 Å². The largest absolute Gasteiger partial charge is 0.414 e. The van der Waals surface area contributed by atoms with Crippen molar-refractivity contribution in [2.24, 2.45) is 0 Å². The third-order valence-electron chi connectivity index (χ3n) is 17.2. The van der Waals surface area contributed by atoms with Gasteiger partial charge in [0, 0.05) is 27.1 Å². The lowest BCUT2D eigenvalue weighted by molar-refractivity contribution is -0.206. The predicted octanol–water partition coefficient (Wildman–Crippen LogP) is 7.21. The maximum atomic E-state index is 11.0.